The van der Waals surface area contributed by atoms with Crippen LogP contribution in [-0.4, -0.2) is 42.2 Å². The van der Waals surface area contributed by atoms with Crippen LogP contribution in [0.15, 0.2) is 33.6 Å². The molecule has 1 aliphatic heterocycles. The SMILES string of the molecule is C[C@@H]1CCCCN1CC(=O)NCCSc1ccc(Br)cc1. The highest BCUT2D eigenvalue weighted by Crippen LogP contribution is 2.20. The van der Waals surface area contributed by atoms with E-state index in [-0.39, 0.29) is 5.91 Å². The van der Waals surface area contributed by atoms with Crippen molar-refractivity contribution in [2.24, 2.45) is 0 Å². The molecule has 1 saturated heterocycles. The maximum Gasteiger partial charge on any atom is 0.234 e. The fraction of sp³-hybridized carbons (Fsp3) is 0.562. The standard InChI is InChI=1S/C16H23BrN2OS/c1-13-4-2-3-10-19(13)12-16(20)18-9-11-21-15-7-5-14(17)6-8-15/h5-8,13H,2-4,9-12H2,1H3,(H,18,20)/t13-/m1/s1. The van der Waals surface area contributed by atoms with Gasteiger partial charge in [0.25, 0.3) is 0 Å². The number of halogens is 1. The maximum absolute atomic E-state index is 11.9. The van der Waals surface area contributed by atoms with E-state index in [1.807, 2.05) is 12.1 Å². The Morgan fingerprint density at radius 1 is 1.38 bits per heavy atom. The van der Waals surface area contributed by atoms with Gasteiger partial charge in [-0.3, -0.25) is 9.69 Å². The topological polar surface area (TPSA) is 32.3 Å². The minimum Gasteiger partial charge on any atom is -0.354 e. The van der Waals surface area contributed by atoms with Crippen LogP contribution in [0.25, 0.3) is 0 Å². The monoisotopic (exact) mass is 370 g/mol. The summed E-state index contributed by atoms with van der Waals surface area (Å²) in [6, 6.07) is 8.80. The summed E-state index contributed by atoms with van der Waals surface area (Å²) in [5.41, 5.74) is 0. The number of thioether (sulfide) groups is 1. The van der Waals surface area contributed by atoms with Crippen LogP contribution in [0.4, 0.5) is 0 Å². The lowest BCUT2D eigenvalue weighted by Gasteiger charge is -2.32. The zero-order valence-corrected chi connectivity index (χ0v) is 14.9. The summed E-state index contributed by atoms with van der Waals surface area (Å²) in [7, 11) is 0. The molecule has 0 aliphatic carbocycles. The number of benzene rings is 1. The van der Waals surface area contributed by atoms with Crippen LogP contribution in [0.1, 0.15) is 26.2 Å². The number of carbonyl (C=O) groups is 1. The number of hydrogen-bond acceptors (Lipinski definition) is 3. The average Bonchev–Trinajstić information content (AvgIpc) is 2.48. The van der Waals surface area contributed by atoms with Crippen LogP contribution in [0.3, 0.4) is 0 Å². The van der Waals surface area contributed by atoms with Crippen LogP contribution in [0, 0.1) is 0 Å². The number of piperidine rings is 1. The van der Waals surface area contributed by atoms with Crippen molar-refractivity contribution < 1.29 is 4.79 Å². The maximum atomic E-state index is 11.9. The Labute approximate surface area is 140 Å². The molecule has 0 spiro atoms. The van der Waals surface area contributed by atoms with Gasteiger partial charge in [0, 0.05) is 27.7 Å². The van der Waals surface area contributed by atoms with Crippen LogP contribution >= 0.6 is 27.7 Å². The van der Waals surface area contributed by atoms with Gasteiger partial charge in [-0.2, -0.15) is 0 Å². The fourth-order valence-electron chi connectivity index (χ4n) is 2.52. The molecule has 0 saturated carbocycles. The van der Waals surface area contributed by atoms with Gasteiger partial charge in [0.05, 0.1) is 6.54 Å². The third kappa shape index (κ3) is 6.01. The second-order valence-corrected chi connectivity index (χ2v) is 7.55. The molecule has 3 nitrogen and oxygen atoms in total. The first-order valence-electron chi connectivity index (χ1n) is 7.54. The molecular weight excluding hydrogens is 348 g/mol. The molecule has 1 amide bonds. The lowest BCUT2D eigenvalue weighted by molar-refractivity contribution is -0.122. The first kappa shape index (κ1) is 16.8. The molecule has 1 atom stereocenters. The van der Waals surface area contributed by atoms with Gasteiger partial charge in [-0.15, -0.1) is 11.8 Å². The van der Waals surface area contributed by atoms with E-state index in [1.54, 1.807) is 11.8 Å². The predicted octanol–water partition coefficient (Wildman–Crippen LogP) is 3.53. The van der Waals surface area contributed by atoms with E-state index in [0.29, 0.717) is 12.6 Å². The number of hydrogen-bond donors (Lipinski definition) is 1. The van der Waals surface area contributed by atoms with E-state index in [9.17, 15) is 4.79 Å². The van der Waals surface area contributed by atoms with Gasteiger partial charge < -0.3 is 5.32 Å². The fourth-order valence-corrected chi connectivity index (χ4v) is 3.56. The Morgan fingerprint density at radius 3 is 2.86 bits per heavy atom. The van der Waals surface area contributed by atoms with Crippen LogP contribution in [0.2, 0.25) is 0 Å². The van der Waals surface area contributed by atoms with Gasteiger partial charge in [-0.25, -0.2) is 0 Å². The Hall–Kier alpha value is -0.520. The molecule has 1 aromatic carbocycles. The third-order valence-electron chi connectivity index (χ3n) is 3.79. The van der Waals surface area contributed by atoms with Crippen molar-refractivity contribution in [3.05, 3.63) is 28.7 Å². The molecule has 1 aromatic rings. The zero-order chi connectivity index (χ0) is 15.1. The minimum atomic E-state index is 0.153. The van der Waals surface area contributed by atoms with E-state index in [2.05, 4.69) is 45.2 Å². The smallest absolute Gasteiger partial charge is 0.234 e. The quantitative estimate of drug-likeness (QED) is 0.613. The molecule has 1 aliphatic rings. The Balaban J connectivity index is 1.61. The van der Waals surface area contributed by atoms with Crippen molar-refractivity contribution in [1.82, 2.24) is 10.2 Å². The van der Waals surface area contributed by atoms with Crippen molar-refractivity contribution in [2.75, 3.05) is 25.4 Å². The van der Waals surface area contributed by atoms with E-state index < -0.39 is 0 Å². The molecule has 21 heavy (non-hydrogen) atoms. The van der Waals surface area contributed by atoms with E-state index in [0.717, 1.165) is 23.3 Å². The summed E-state index contributed by atoms with van der Waals surface area (Å²) < 4.78 is 1.09. The summed E-state index contributed by atoms with van der Waals surface area (Å²) in [4.78, 5) is 15.5. The Kier molecular flexibility index (Phi) is 7.07. The summed E-state index contributed by atoms with van der Waals surface area (Å²) in [6.07, 6.45) is 3.73. The second-order valence-electron chi connectivity index (χ2n) is 5.47. The second kappa shape index (κ2) is 8.81. The van der Waals surface area contributed by atoms with Crippen molar-refractivity contribution in [1.29, 1.82) is 0 Å². The minimum absolute atomic E-state index is 0.153. The largest absolute Gasteiger partial charge is 0.354 e. The van der Waals surface area contributed by atoms with E-state index >= 15 is 0 Å². The van der Waals surface area contributed by atoms with Crippen LogP contribution < -0.4 is 5.32 Å². The highest BCUT2D eigenvalue weighted by molar-refractivity contribution is 9.10. The highest BCUT2D eigenvalue weighted by Gasteiger charge is 2.20. The molecule has 0 bridgehead atoms. The van der Waals surface area contributed by atoms with Crippen molar-refractivity contribution >= 4 is 33.6 Å². The van der Waals surface area contributed by atoms with E-state index in [1.165, 1.54) is 24.2 Å². The van der Waals surface area contributed by atoms with E-state index in [4.69, 9.17) is 0 Å². The molecule has 1 fully saturated rings. The van der Waals surface area contributed by atoms with Gasteiger partial charge in [0.1, 0.15) is 0 Å². The Bertz CT molecular complexity index is 452. The van der Waals surface area contributed by atoms with Gasteiger partial charge in [-0.1, -0.05) is 22.4 Å². The van der Waals surface area contributed by atoms with Gasteiger partial charge >= 0.3 is 0 Å². The Morgan fingerprint density at radius 2 is 2.14 bits per heavy atom. The number of amides is 1. The van der Waals surface area contributed by atoms with Gasteiger partial charge in [0.15, 0.2) is 0 Å². The molecule has 0 radical (unpaired) electrons. The lowest BCUT2D eigenvalue weighted by atomic mass is 10.0. The number of nitrogens with zero attached hydrogens (tertiary/aromatic N) is 1. The average molecular weight is 371 g/mol. The number of carbonyl (C=O) groups excluding carboxylic acids is 1. The molecule has 0 unspecified atom stereocenters. The molecule has 0 aromatic heterocycles. The van der Waals surface area contributed by atoms with Crippen molar-refractivity contribution in [3.8, 4) is 0 Å². The summed E-state index contributed by atoms with van der Waals surface area (Å²) >= 11 is 5.20. The summed E-state index contributed by atoms with van der Waals surface area (Å²) in [5, 5.41) is 3.02. The van der Waals surface area contributed by atoms with Crippen LogP contribution in [-0.2, 0) is 4.79 Å². The summed E-state index contributed by atoms with van der Waals surface area (Å²) in [5.74, 6) is 1.06. The molecule has 116 valence electrons. The molecular formula is C16H23BrN2OS. The number of likely N-dealkylation sites (tertiary alicyclic amines) is 1. The van der Waals surface area contributed by atoms with Crippen LogP contribution in [0.5, 0.6) is 0 Å². The lowest BCUT2D eigenvalue weighted by Crippen LogP contribution is -2.44. The predicted molar refractivity (Wildman–Crippen MR) is 92.8 cm³/mol. The van der Waals surface area contributed by atoms with Crippen molar-refractivity contribution in [2.45, 2.75) is 37.1 Å². The first-order valence-corrected chi connectivity index (χ1v) is 9.32. The number of nitrogens with one attached hydrogen (secondary N) is 1. The highest BCUT2D eigenvalue weighted by atomic mass is 79.9. The molecule has 5 heteroatoms. The molecule has 2 rings (SSSR count). The normalized spacial score (nSPS) is 19.4. The molecule has 1 heterocycles. The number of rotatable bonds is 6. The third-order valence-corrected chi connectivity index (χ3v) is 5.34. The first-order chi connectivity index (χ1) is 10.1. The van der Waals surface area contributed by atoms with Gasteiger partial charge in [-0.05, 0) is 50.6 Å². The van der Waals surface area contributed by atoms with Gasteiger partial charge in [0.2, 0.25) is 5.91 Å². The summed E-state index contributed by atoms with van der Waals surface area (Å²) in [6.45, 7) is 4.55. The van der Waals surface area contributed by atoms with Crippen molar-refractivity contribution in [3.63, 3.8) is 0 Å². The zero-order valence-electron chi connectivity index (χ0n) is 12.5. The molecule has 1 N–H and O–H groups in total.